The quantitative estimate of drug-likeness (QED) is 0.631. The summed E-state index contributed by atoms with van der Waals surface area (Å²) >= 11 is 1.32. The molecule has 0 fully saturated rings. The highest BCUT2D eigenvalue weighted by atomic mass is 32.2. The number of nitrogens with one attached hydrogen (secondary N) is 2. The van der Waals surface area contributed by atoms with Gasteiger partial charge in [0.25, 0.3) is 0 Å². The van der Waals surface area contributed by atoms with Crippen molar-refractivity contribution in [2.75, 3.05) is 5.32 Å². The Balaban J connectivity index is 1.36. The molecule has 1 heterocycles. The molecule has 5 heteroatoms. The predicted molar refractivity (Wildman–Crippen MR) is 110 cm³/mol. The van der Waals surface area contributed by atoms with Gasteiger partial charge < -0.3 is 5.32 Å². The molecule has 0 unspecified atom stereocenters. The van der Waals surface area contributed by atoms with Crippen molar-refractivity contribution in [2.24, 2.45) is 0 Å². The third kappa shape index (κ3) is 3.06. The van der Waals surface area contributed by atoms with Gasteiger partial charge in [0.05, 0.1) is 10.4 Å². The van der Waals surface area contributed by atoms with Crippen molar-refractivity contribution in [1.29, 1.82) is 0 Å². The molecule has 136 valence electrons. The fraction of sp³-hybridized carbons (Fsp3) is 0.273. The molecule has 2 aliphatic rings. The Morgan fingerprint density at radius 1 is 0.963 bits per heavy atom. The molecule has 2 aromatic carbocycles. The van der Waals surface area contributed by atoms with Crippen LogP contribution < -0.4 is 10.0 Å². The molecule has 0 atom stereocenters. The second-order valence-corrected chi connectivity index (χ2v) is 8.07. The molecular weight excluding hydrogens is 354 g/mol. The third-order valence-electron chi connectivity index (χ3n) is 5.56. The lowest BCUT2D eigenvalue weighted by atomic mass is 9.99. The zero-order valence-electron chi connectivity index (χ0n) is 15.0. The highest BCUT2D eigenvalue weighted by Gasteiger charge is 2.25. The number of fused-ring (bicyclic) bond motifs is 3. The monoisotopic (exact) mass is 375 g/mol. The Bertz CT molecular complexity index is 1010. The van der Waals surface area contributed by atoms with E-state index in [1.807, 2.05) is 30.3 Å². The topological polar surface area (TPSA) is 54.0 Å². The van der Waals surface area contributed by atoms with Crippen LogP contribution in [-0.4, -0.2) is 11.0 Å². The first-order valence-electron chi connectivity index (χ1n) is 9.54. The van der Waals surface area contributed by atoms with Gasteiger partial charge in [-0.05, 0) is 84.9 Å². The van der Waals surface area contributed by atoms with Crippen molar-refractivity contribution in [1.82, 2.24) is 9.71 Å². The number of carbonyl (C=O) groups excluding carboxylic acids is 1. The molecule has 0 spiro atoms. The summed E-state index contributed by atoms with van der Waals surface area (Å²) in [6, 6.07) is 12.2. The SMILES string of the molecule is O=C(NSc1cccc2cccnc12)Nc1c2c(cc3c1CCC3)CCC2. The summed E-state index contributed by atoms with van der Waals surface area (Å²) in [4.78, 5) is 18.1. The Morgan fingerprint density at radius 3 is 2.48 bits per heavy atom. The minimum Gasteiger partial charge on any atom is -0.307 e. The number of aryl methyl sites for hydroxylation is 2. The lowest BCUT2D eigenvalue weighted by molar-refractivity contribution is 0.257. The molecule has 0 aliphatic heterocycles. The maximum absolute atomic E-state index is 12.7. The summed E-state index contributed by atoms with van der Waals surface area (Å²) in [7, 11) is 0. The zero-order valence-corrected chi connectivity index (χ0v) is 15.9. The number of hydrogen-bond acceptors (Lipinski definition) is 3. The van der Waals surface area contributed by atoms with Gasteiger partial charge in [-0.1, -0.05) is 24.3 Å². The Labute approximate surface area is 162 Å². The number of amides is 2. The summed E-state index contributed by atoms with van der Waals surface area (Å²) in [5, 5.41) is 4.24. The zero-order chi connectivity index (χ0) is 18.2. The fourth-order valence-corrected chi connectivity index (χ4v) is 5.03. The van der Waals surface area contributed by atoms with E-state index in [0.717, 1.165) is 47.2 Å². The van der Waals surface area contributed by atoms with Crippen LogP contribution in [0.3, 0.4) is 0 Å². The first kappa shape index (κ1) is 16.6. The maximum atomic E-state index is 12.7. The van der Waals surface area contributed by atoms with Gasteiger partial charge in [0.2, 0.25) is 0 Å². The third-order valence-corrected chi connectivity index (χ3v) is 6.40. The minimum atomic E-state index is -0.165. The molecule has 0 radical (unpaired) electrons. The molecule has 3 aromatic rings. The maximum Gasteiger partial charge on any atom is 0.329 e. The van der Waals surface area contributed by atoms with E-state index in [1.54, 1.807) is 6.20 Å². The summed E-state index contributed by atoms with van der Waals surface area (Å²) < 4.78 is 2.95. The highest BCUT2D eigenvalue weighted by Crippen LogP contribution is 2.38. The molecular formula is C22H21N3OS. The number of rotatable bonds is 3. The normalized spacial score (nSPS) is 14.8. The van der Waals surface area contributed by atoms with Gasteiger partial charge in [-0.15, -0.1) is 0 Å². The van der Waals surface area contributed by atoms with E-state index in [-0.39, 0.29) is 6.03 Å². The number of benzene rings is 2. The lowest BCUT2D eigenvalue weighted by Gasteiger charge is -2.16. The molecule has 5 rings (SSSR count). The molecule has 0 saturated carbocycles. The van der Waals surface area contributed by atoms with Crippen LogP contribution in [0.2, 0.25) is 0 Å². The van der Waals surface area contributed by atoms with Crippen LogP contribution in [0.25, 0.3) is 10.9 Å². The van der Waals surface area contributed by atoms with Crippen molar-refractivity contribution >= 4 is 34.6 Å². The van der Waals surface area contributed by atoms with Crippen molar-refractivity contribution < 1.29 is 4.79 Å². The van der Waals surface area contributed by atoms with Gasteiger partial charge in [0.15, 0.2) is 0 Å². The predicted octanol–water partition coefficient (Wildman–Crippen LogP) is 5.04. The first-order chi connectivity index (χ1) is 13.3. The molecule has 0 bridgehead atoms. The number of carbonyl (C=O) groups is 1. The van der Waals surface area contributed by atoms with Crippen molar-refractivity contribution in [3.63, 3.8) is 0 Å². The number of nitrogens with zero attached hydrogens (tertiary/aromatic N) is 1. The molecule has 2 aliphatic carbocycles. The Hall–Kier alpha value is -2.53. The smallest absolute Gasteiger partial charge is 0.307 e. The lowest BCUT2D eigenvalue weighted by Crippen LogP contribution is -2.24. The van der Waals surface area contributed by atoms with E-state index >= 15 is 0 Å². The molecule has 27 heavy (non-hydrogen) atoms. The van der Waals surface area contributed by atoms with Crippen LogP contribution >= 0.6 is 11.9 Å². The van der Waals surface area contributed by atoms with E-state index in [1.165, 1.54) is 47.0 Å². The van der Waals surface area contributed by atoms with E-state index < -0.39 is 0 Å². The van der Waals surface area contributed by atoms with Crippen molar-refractivity contribution in [3.05, 3.63) is 64.8 Å². The van der Waals surface area contributed by atoms with Gasteiger partial charge in [-0.25, -0.2) is 4.79 Å². The van der Waals surface area contributed by atoms with E-state index in [2.05, 4.69) is 21.1 Å². The van der Waals surface area contributed by atoms with Crippen molar-refractivity contribution in [2.45, 2.75) is 43.4 Å². The van der Waals surface area contributed by atoms with E-state index in [4.69, 9.17) is 0 Å². The molecule has 0 saturated heterocycles. The molecule has 4 nitrogen and oxygen atoms in total. The fourth-order valence-electron chi connectivity index (χ4n) is 4.37. The second-order valence-electron chi connectivity index (χ2n) is 7.22. The number of aromatic nitrogens is 1. The summed E-state index contributed by atoms with van der Waals surface area (Å²) in [5.41, 5.74) is 7.54. The average Bonchev–Trinajstić information content (AvgIpc) is 3.35. The van der Waals surface area contributed by atoms with E-state index in [0.29, 0.717) is 0 Å². The Kier molecular flexibility index (Phi) is 4.24. The second kappa shape index (κ2) is 6.89. The van der Waals surface area contributed by atoms with Gasteiger partial charge in [-0.2, -0.15) is 0 Å². The van der Waals surface area contributed by atoms with Crippen molar-refractivity contribution in [3.8, 4) is 0 Å². The average molecular weight is 375 g/mol. The summed E-state index contributed by atoms with van der Waals surface area (Å²) in [6.45, 7) is 0. The van der Waals surface area contributed by atoms with Gasteiger partial charge in [0.1, 0.15) is 0 Å². The minimum absolute atomic E-state index is 0.165. The van der Waals surface area contributed by atoms with E-state index in [9.17, 15) is 4.79 Å². The van der Waals surface area contributed by atoms with Gasteiger partial charge in [0, 0.05) is 17.3 Å². The van der Waals surface area contributed by atoms with Gasteiger partial charge in [-0.3, -0.25) is 9.71 Å². The summed E-state index contributed by atoms with van der Waals surface area (Å²) in [5.74, 6) is 0. The van der Waals surface area contributed by atoms with Crippen LogP contribution in [0.5, 0.6) is 0 Å². The summed E-state index contributed by atoms with van der Waals surface area (Å²) in [6.07, 6.45) is 8.56. The Morgan fingerprint density at radius 2 is 1.70 bits per heavy atom. The van der Waals surface area contributed by atoms with Crippen LogP contribution in [0.1, 0.15) is 35.1 Å². The number of anilines is 1. The molecule has 1 aromatic heterocycles. The van der Waals surface area contributed by atoms with Crippen LogP contribution in [0.4, 0.5) is 10.5 Å². The molecule has 2 amide bonds. The number of pyridine rings is 1. The van der Waals surface area contributed by atoms with Crippen LogP contribution in [0, 0.1) is 0 Å². The van der Waals surface area contributed by atoms with Gasteiger partial charge >= 0.3 is 6.03 Å². The van der Waals surface area contributed by atoms with Crippen LogP contribution in [-0.2, 0) is 25.7 Å². The molecule has 2 N–H and O–H groups in total. The number of para-hydroxylation sites is 1. The number of urea groups is 1. The largest absolute Gasteiger partial charge is 0.329 e. The van der Waals surface area contributed by atoms with Crippen LogP contribution in [0.15, 0.2) is 47.5 Å². The first-order valence-corrected chi connectivity index (χ1v) is 10.4. The number of hydrogen-bond donors (Lipinski definition) is 2. The highest BCUT2D eigenvalue weighted by molar-refractivity contribution is 7.98. The standard InChI is InChI=1S/C22H21N3OS/c26-22(25-27-19-11-3-5-14-8-4-12-23-20(14)19)24-21-17-9-1-6-15(17)13-16-7-2-10-18(16)21/h3-5,8,11-13H,1-2,6-7,9-10H2,(H2,24,25,26).